The van der Waals surface area contributed by atoms with Crippen molar-refractivity contribution in [2.24, 2.45) is 5.92 Å². The first-order valence-corrected chi connectivity index (χ1v) is 7.49. The molecule has 114 valence electrons. The fourth-order valence-electron chi connectivity index (χ4n) is 1.62. The highest BCUT2D eigenvalue weighted by Crippen LogP contribution is 2.25. The van der Waals surface area contributed by atoms with Crippen LogP contribution >= 0.6 is 11.3 Å². The number of aromatic nitrogens is 1. The summed E-state index contributed by atoms with van der Waals surface area (Å²) in [5.74, 6) is 0.337. The molecule has 1 heterocycles. The van der Waals surface area contributed by atoms with Gasteiger partial charge in [0.2, 0.25) is 0 Å². The third-order valence-electron chi connectivity index (χ3n) is 2.74. The average Bonchev–Trinajstić information content (AvgIpc) is 2.68. The molecule has 0 aliphatic carbocycles. The predicted molar refractivity (Wildman–Crippen MR) is 83.3 cm³/mol. The van der Waals surface area contributed by atoms with E-state index in [1.165, 1.54) is 11.3 Å². The van der Waals surface area contributed by atoms with Gasteiger partial charge in [-0.1, -0.05) is 25.2 Å². The van der Waals surface area contributed by atoms with Gasteiger partial charge < -0.3 is 21.1 Å². The Labute approximate surface area is 124 Å². The van der Waals surface area contributed by atoms with E-state index < -0.39 is 0 Å². The fraction of sp³-hybridized carbons (Fsp3) is 0.692. The summed E-state index contributed by atoms with van der Waals surface area (Å²) in [6.07, 6.45) is 0. The van der Waals surface area contributed by atoms with Crippen LogP contribution in [0.2, 0.25) is 0 Å². The monoisotopic (exact) mass is 300 g/mol. The molecule has 4 N–H and O–H groups in total. The molecule has 0 aliphatic heterocycles. The van der Waals surface area contributed by atoms with E-state index >= 15 is 0 Å². The summed E-state index contributed by atoms with van der Waals surface area (Å²) in [6.45, 7) is 8.55. The van der Waals surface area contributed by atoms with Crippen LogP contribution in [0.1, 0.15) is 37.4 Å². The van der Waals surface area contributed by atoms with Crippen molar-refractivity contribution >= 4 is 28.2 Å². The number of ether oxygens (including phenoxy) is 1. The summed E-state index contributed by atoms with van der Waals surface area (Å²) in [4.78, 5) is 16.9. The highest BCUT2D eigenvalue weighted by Gasteiger charge is 2.21. The first kappa shape index (κ1) is 16.7. The lowest BCUT2D eigenvalue weighted by atomic mass is 10.1. The molecule has 1 aromatic rings. The summed E-state index contributed by atoms with van der Waals surface area (Å²) in [7, 11) is 1.62. The lowest BCUT2D eigenvalue weighted by Crippen LogP contribution is -2.41. The molecule has 1 unspecified atom stereocenters. The number of nitrogens with one attached hydrogen (secondary N) is 2. The number of nitrogen functional groups attached to an aromatic ring is 1. The van der Waals surface area contributed by atoms with Gasteiger partial charge >= 0.3 is 0 Å². The van der Waals surface area contributed by atoms with Crippen molar-refractivity contribution in [3.8, 4) is 0 Å². The standard InChI is InChI=1S/C13H24N4O2S/c1-7(2)9(6-19-5)16-12(18)10-11(14)17-13(20-10)15-8(3)4/h7-9H,6,14H2,1-5H3,(H,15,17)(H,16,18). The number of methoxy groups -OCH3 is 1. The van der Waals surface area contributed by atoms with Gasteiger partial charge in [-0.3, -0.25) is 4.79 Å². The molecule has 0 spiro atoms. The van der Waals surface area contributed by atoms with E-state index in [1.54, 1.807) is 7.11 Å². The molecule has 0 saturated carbocycles. The second-order valence-electron chi connectivity index (χ2n) is 5.31. The van der Waals surface area contributed by atoms with Crippen molar-refractivity contribution in [1.29, 1.82) is 0 Å². The molecular weight excluding hydrogens is 276 g/mol. The molecule has 0 aliphatic rings. The molecule has 1 amide bonds. The highest BCUT2D eigenvalue weighted by atomic mass is 32.1. The normalized spacial score (nSPS) is 12.8. The van der Waals surface area contributed by atoms with E-state index in [-0.39, 0.29) is 29.7 Å². The molecule has 0 bridgehead atoms. The van der Waals surface area contributed by atoms with E-state index in [1.807, 2.05) is 27.7 Å². The van der Waals surface area contributed by atoms with Crippen LogP contribution in [0, 0.1) is 5.92 Å². The van der Waals surface area contributed by atoms with Gasteiger partial charge in [-0.05, 0) is 19.8 Å². The topological polar surface area (TPSA) is 89.3 Å². The minimum absolute atomic E-state index is 0.0458. The van der Waals surface area contributed by atoms with Gasteiger partial charge in [-0.2, -0.15) is 0 Å². The van der Waals surface area contributed by atoms with Crippen molar-refractivity contribution in [2.75, 3.05) is 24.8 Å². The smallest absolute Gasteiger partial charge is 0.265 e. The van der Waals surface area contributed by atoms with Gasteiger partial charge in [0.05, 0.1) is 12.6 Å². The molecule has 1 rings (SSSR count). The largest absolute Gasteiger partial charge is 0.383 e. The molecule has 0 aromatic carbocycles. The molecule has 0 saturated heterocycles. The summed E-state index contributed by atoms with van der Waals surface area (Å²) >= 11 is 1.27. The van der Waals surface area contributed by atoms with Crippen LogP contribution < -0.4 is 16.4 Å². The summed E-state index contributed by atoms with van der Waals surface area (Å²) in [5, 5.41) is 6.75. The van der Waals surface area contributed by atoms with E-state index in [9.17, 15) is 4.79 Å². The van der Waals surface area contributed by atoms with Gasteiger partial charge in [0.25, 0.3) is 5.91 Å². The molecule has 0 fully saturated rings. The maximum atomic E-state index is 12.3. The van der Waals surface area contributed by atoms with Crippen molar-refractivity contribution in [3.63, 3.8) is 0 Å². The third-order valence-corrected chi connectivity index (χ3v) is 3.74. The second kappa shape index (κ2) is 7.44. The van der Waals surface area contributed by atoms with Crippen LogP contribution in [-0.4, -0.2) is 36.7 Å². The van der Waals surface area contributed by atoms with Gasteiger partial charge in [-0.25, -0.2) is 4.98 Å². The molecule has 7 heteroatoms. The van der Waals surface area contributed by atoms with Crippen molar-refractivity contribution in [1.82, 2.24) is 10.3 Å². The number of hydrogen-bond acceptors (Lipinski definition) is 6. The van der Waals surface area contributed by atoms with Crippen LogP contribution in [0.4, 0.5) is 10.9 Å². The lowest BCUT2D eigenvalue weighted by Gasteiger charge is -2.21. The lowest BCUT2D eigenvalue weighted by molar-refractivity contribution is 0.0871. The summed E-state index contributed by atoms with van der Waals surface area (Å²) in [6, 6.07) is 0.198. The van der Waals surface area contributed by atoms with Gasteiger partial charge in [0.1, 0.15) is 10.7 Å². The molecule has 6 nitrogen and oxygen atoms in total. The molecule has 0 radical (unpaired) electrons. The van der Waals surface area contributed by atoms with E-state index in [0.29, 0.717) is 16.6 Å². The molecule has 20 heavy (non-hydrogen) atoms. The zero-order chi connectivity index (χ0) is 15.3. The van der Waals surface area contributed by atoms with Crippen LogP contribution in [0.25, 0.3) is 0 Å². The Morgan fingerprint density at radius 3 is 2.55 bits per heavy atom. The zero-order valence-electron chi connectivity index (χ0n) is 12.7. The maximum Gasteiger partial charge on any atom is 0.265 e. The molecular formula is C13H24N4O2S. The third kappa shape index (κ3) is 4.64. The van der Waals surface area contributed by atoms with Crippen LogP contribution in [0.5, 0.6) is 0 Å². The number of rotatable bonds is 7. The van der Waals surface area contributed by atoms with Gasteiger partial charge in [0, 0.05) is 13.2 Å². The van der Waals surface area contributed by atoms with E-state index in [4.69, 9.17) is 10.5 Å². The van der Waals surface area contributed by atoms with Crippen molar-refractivity contribution < 1.29 is 9.53 Å². The van der Waals surface area contributed by atoms with Crippen molar-refractivity contribution in [2.45, 2.75) is 39.8 Å². The Bertz CT molecular complexity index is 446. The van der Waals surface area contributed by atoms with Gasteiger partial charge in [0.15, 0.2) is 5.13 Å². The van der Waals surface area contributed by atoms with Crippen molar-refractivity contribution in [3.05, 3.63) is 4.88 Å². The minimum atomic E-state index is -0.201. The van der Waals surface area contributed by atoms with E-state index in [2.05, 4.69) is 15.6 Å². The fourth-order valence-corrected chi connectivity index (χ4v) is 2.55. The Balaban J connectivity index is 2.78. The number of carbonyl (C=O) groups excluding carboxylic acids is 1. The van der Waals surface area contributed by atoms with E-state index in [0.717, 1.165) is 0 Å². The number of anilines is 2. The van der Waals surface area contributed by atoms with Gasteiger partial charge in [-0.15, -0.1) is 0 Å². The number of amides is 1. The number of thiazole rings is 1. The molecule has 1 aromatic heterocycles. The first-order chi connectivity index (χ1) is 9.35. The number of nitrogens with two attached hydrogens (primary N) is 1. The van der Waals surface area contributed by atoms with Crippen LogP contribution in [0.3, 0.4) is 0 Å². The Morgan fingerprint density at radius 2 is 2.05 bits per heavy atom. The summed E-state index contributed by atoms with van der Waals surface area (Å²) in [5.41, 5.74) is 5.81. The quantitative estimate of drug-likeness (QED) is 0.716. The van der Waals surface area contributed by atoms with Crippen LogP contribution in [-0.2, 0) is 4.74 Å². The van der Waals surface area contributed by atoms with Crippen LogP contribution in [0.15, 0.2) is 0 Å². The second-order valence-corrected chi connectivity index (χ2v) is 6.31. The summed E-state index contributed by atoms with van der Waals surface area (Å²) < 4.78 is 5.12. The average molecular weight is 300 g/mol. The minimum Gasteiger partial charge on any atom is -0.383 e. The number of nitrogens with zero attached hydrogens (tertiary/aromatic N) is 1. The molecule has 1 atom stereocenters. The maximum absolute atomic E-state index is 12.3. The first-order valence-electron chi connectivity index (χ1n) is 6.67. The predicted octanol–water partition coefficient (Wildman–Crippen LogP) is 1.95. The zero-order valence-corrected chi connectivity index (χ0v) is 13.5. The highest BCUT2D eigenvalue weighted by molar-refractivity contribution is 7.18. The Kier molecular flexibility index (Phi) is 6.22. The Hall–Kier alpha value is -1.34. The Morgan fingerprint density at radius 1 is 1.40 bits per heavy atom. The number of carbonyl (C=O) groups is 1. The number of hydrogen-bond donors (Lipinski definition) is 3. The SMILES string of the molecule is COCC(NC(=O)c1sc(NC(C)C)nc1N)C(C)C.